The van der Waals surface area contributed by atoms with Crippen molar-refractivity contribution in [2.24, 2.45) is 5.92 Å². The van der Waals surface area contributed by atoms with Crippen LogP contribution < -0.4 is 0 Å². The summed E-state index contributed by atoms with van der Waals surface area (Å²) in [6, 6.07) is 22.6. The predicted octanol–water partition coefficient (Wildman–Crippen LogP) is 4.87. The van der Waals surface area contributed by atoms with E-state index in [-0.39, 0.29) is 18.1 Å². The number of nitrogens with zero attached hydrogens (tertiary/aromatic N) is 1. The van der Waals surface area contributed by atoms with Crippen molar-refractivity contribution in [2.75, 3.05) is 13.2 Å². The molecule has 0 radical (unpaired) electrons. The zero-order valence-electron chi connectivity index (χ0n) is 17.4. The van der Waals surface area contributed by atoms with Gasteiger partial charge in [-0.3, -0.25) is 0 Å². The minimum Gasteiger partial charge on any atom is -0.388 e. The van der Waals surface area contributed by atoms with E-state index in [4.69, 9.17) is 26.1 Å². The topological polar surface area (TPSA) is 67.4 Å². The highest BCUT2D eigenvalue weighted by atomic mass is 35.5. The summed E-state index contributed by atoms with van der Waals surface area (Å²) in [7, 11) is 0. The van der Waals surface area contributed by atoms with Crippen LogP contribution in [0.4, 0.5) is 0 Å². The number of halogens is 1. The highest BCUT2D eigenvalue weighted by Crippen LogP contribution is 2.35. The maximum Gasteiger partial charge on any atom is 0.112 e. The predicted molar refractivity (Wildman–Crippen MR) is 125 cm³/mol. The molecule has 2 saturated heterocycles. The minimum absolute atomic E-state index is 0.0494. The lowest BCUT2D eigenvalue weighted by molar-refractivity contribution is 0.0169. The fraction of sp³-hybridized carbons (Fsp3) is 0.269. The number of aliphatic hydroxyl groups excluding tert-OH is 1. The van der Waals surface area contributed by atoms with Crippen LogP contribution in [0.25, 0.3) is 33.4 Å². The molecule has 2 fully saturated rings. The van der Waals surface area contributed by atoms with E-state index in [0.29, 0.717) is 18.2 Å². The average molecular weight is 447 g/mol. The summed E-state index contributed by atoms with van der Waals surface area (Å²) in [5, 5.41) is 10.6. The van der Waals surface area contributed by atoms with E-state index in [2.05, 4.69) is 47.4 Å². The lowest BCUT2D eigenvalue weighted by Gasteiger charge is -2.14. The standard InChI is InChI=1S/C26H23ClN2O3/c27-20-12-22-21(11-19(28-22)10-18-13-31-26-23(30)14-32-25(18)26)29-24(20)17-8-6-16(7-9-17)15-4-2-1-3-5-15/h1-9,11-12,18,23,25-26,28,30H,10,13-14H2/t18-,23-,25-,26-/m1/s1. The van der Waals surface area contributed by atoms with E-state index in [9.17, 15) is 5.11 Å². The quantitative estimate of drug-likeness (QED) is 0.469. The second-order valence-corrected chi connectivity index (χ2v) is 9.02. The van der Waals surface area contributed by atoms with Gasteiger partial charge in [0, 0.05) is 17.2 Å². The van der Waals surface area contributed by atoms with Crippen LogP contribution in [0.15, 0.2) is 66.7 Å². The van der Waals surface area contributed by atoms with Crippen molar-refractivity contribution in [1.82, 2.24) is 9.97 Å². The number of ether oxygens (including phenoxy) is 2. The first-order chi connectivity index (χ1) is 15.7. The Morgan fingerprint density at radius 1 is 0.906 bits per heavy atom. The van der Waals surface area contributed by atoms with E-state index in [0.717, 1.165) is 40.0 Å². The molecular weight excluding hydrogens is 424 g/mol. The molecule has 6 rings (SSSR count). The van der Waals surface area contributed by atoms with Crippen LogP contribution in [0.3, 0.4) is 0 Å². The van der Waals surface area contributed by atoms with Gasteiger partial charge in [0.25, 0.3) is 0 Å². The van der Waals surface area contributed by atoms with Crippen LogP contribution in [-0.2, 0) is 15.9 Å². The molecule has 4 aromatic rings. The number of nitrogens with one attached hydrogen (secondary N) is 1. The van der Waals surface area contributed by atoms with Gasteiger partial charge in [0.05, 0.1) is 41.1 Å². The van der Waals surface area contributed by atoms with Crippen molar-refractivity contribution in [1.29, 1.82) is 0 Å². The van der Waals surface area contributed by atoms with Crippen molar-refractivity contribution in [3.05, 3.63) is 77.4 Å². The van der Waals surface area contributed by atoms with Gasteiger partial charge in [-0.05, 0) is 29.7 Å². The Kier molecular flexibility index (Phi) is 5.00. The smallest absolute Gasteiger partial charge is 0.112 e. The Balaban J connectivity index is 1.26. The van der Waals surface area contributed by atoms with Crippen LogP contribution in [0.5, 0.6) is 0 Å². The van der Waals surface area contributed by atoms with E-state index in [1.807, 2.05) is 24.3 Å². The van der Waals surface area contributed by atoms with Crippen molar-refractivity contribution >= 4 is 22.6 Å². The summed E-state index contributed by atoms with van der Waals surface area (Å²) in [4.78, 5) is 8.30. The van der Waals surface area contributed by atoms with Gasteiger partial charge in [-0.2, -0.15) is 0 Å². The Labute approximate surface area is 191 Å². The molecule has 2 aliphatic heterocycles. The van der Waals surface area contributed by atoms with Crippen LogP contribution >= 0.6 is 11.6 Å². The van der Waals surface area contributed by atoms with E-state index >= 15 is 0 Å². The molecule has 2 aromatic carbocycles. The molecule has 0 spiro atoms. The Hall–Kier alpha value is -2.70. The number of aromatic amines is 1. The number of rotatable bonds is 4. The molecule has 162 valence electrons. The molecule has 0 amide bonds. The number of aromatic nitrogens is 2. The van der Waals surface area contributed by atoms with Gasteiger partial charge in [0.15, 0.2) is 0 Å². The molecular formula is C26H23ClN2O3. The number of H-pyrrole nitrogens is 1. The summed E-state index contributed by atoms with van der Waals surface area (Å²) in [6.07, 6.45) is 0.00117. The monoisotopic (exact) mass is 446 g/mol. The number of hydrogen-bond acceptors (Lipinski definition) is 4. The zero-order valence-corrected chi connectivity index (χ0v) is 18.1. The van der Waals surface area contributed by atoms with Crippen molar-refractivity contribution in [3.63, 3.8) is 0 Å². The maximum atomic E-state index is 9.97. The Morgan fingerprint density at radius 3 is 2.44 bits per heavy atom. The number of benzene rings is 2. The SMILES string of the molecule is O[C@@H]1CO[C@@H]2[C@H](Cc3cc4nc(-c5ccc(-c6ccccc6)cc5)c(Cl)cc4[nH]3)CO[C@@H]21. The van der Waals surface area contributed by atoms with Crippen LogP contribution in [0, 0.1) is 5.92 Å². The molecule has 6 heteroatoms. The lowest BCUT2D eigenvalue weighted by atomic mass is 9.96. The van der Waals surface area contributed by atoms with E-state index < -0.39 is 6.10 Å². The van der Waals surface area contributed by atoms with Gasteiger partial charge in [0.2, 0.25) is 0 Å². The van der Waals surface area contributed by atoms with Crippen LogP contribution in [0.1, 0.15) is 5.69 Å². The van der Waals surface area contributed by atoms with Gasteiger partial charge >= 0.3 is 0 Å². The molecule has 2 aromatic heterocycles. The van der Waals surface area contributed by atoms with Gasteiger partial charge in [-0.15, -0.1) is 0 Å². The third-order valence-corrected chi connectivity index (χ3v) is 6.78. The molecule has 2 N–H and O–H groups in total. The fourth-order valence-electron chi connectivity index (χ4n) is 4.87. The summed E-state index contributed by atoms with van der Waals surface area (Å²) >= 11 is 6.61. The molecule has 5 nitrogen and oxygen atoms in total. The first-order valence-corrected chi connectivity index (χ1v) is 11.3. The fourth-order valence-corrected chi connectivity index (χ4v) is 5.13. The summed E-state index contributed by atoms with van der Waals surface area (Å²) in [5.74, 6) is 0.214. The number of hydrogen-bond donors (Lipinski definition) is 2. The van der Waals surface area contributed by atoms with Gasteiger partial charge in [-0.25, -0.2) is 4.98 Å². The van der Waals surface area contributed by atoms with Gasteiger partial charge < -0.3 is 19.6 Å². The summed E-state index contributed by atoms with van der Waals surface area (Å²) in [6.45, 7) is 0.942. The van der Waals surface area contributed by atoms with Crippen LogP contribution in [0.2, 0.25) is 5.02 Å². The van der Waals surface area contributed by atoms with Gasteiger partial charge in [-0.1, -0.05) is 66.2 Å². The first kappa shape index (κ1) is 19.9. The second-order valence-electron chi connectivity index (χ2n) is 8.62. The molecule has 2 aliphatic rings. The van der Waals surface area contributed by atoms with Crippen LogP contribution in [-0.4, -0.2) is 46.6 Å². The molecule has 0 bridgehead atoms. The highest BCUT2D eigenvalue weighted by molar-refractivity contribution is 6.33. The number of fused-ring (bicyclic) bond motifs is 2. The maximum absolute atomic E-state index is 9.97. The number of pyridine rings is 1. The average Bonchev–Trinajstić information content (AvgIpc) is 3.51. The second kappa shape index (κ2) is 8.01. The highest BCUT2D eigenvalue weighted by Gasteiger charge is 2.46. The zero-order chi connectivity index (χ0) is 21.7. The normalized spacial score (nSPS) is 24.8. The third-order valence-electron chi connectivity index (χ3n) is 6.49. The Morgan fingerprint density at radius 2 is 1.62 bits per heavy atom. The summed E-state index contributed by atoms with van der Waals surface area (Å²) < 4.78 is 11.5. The molecule has 32 heavy (non-hydrogen) atoms. The number of aliphatic hydroxyl groups is 1. The third kappa shape index (κ3) is 3.51. The molecule has 0 unspecified atom stereocenters. The first-order valence-electron chi connectivity index (χ1n) is 10.9. The van der Waals surface area contributed by atoms with E-state index in [1.165, 1.54) is 5.56 Å². The van der Waals surface area contributed by atoms with Crippen molar-refractivity contribution in [2.45, 2.75) is 24.7 Å². The van der Waals surface area contributed by atoms with Crippen molar-refractivity contribution in [3.8, 4) is 22.4 Å². The molecule has 0 saturated carbocycles. The van der Waals surface area contributed by atoms with Crippen molar-refractivity contribution < 1.29 is 14.6 Å². The van der Waals surface area contributed by atoms with Gasteiger partial charge in [0.1, 0.15) is 12.2 Å². The largest absolute Gasteiger partial charge is 0.388 e. The summed E-state index contributed by atoms with van der Waals surface area (Å²) in [5.41, 5.74) is 6.97. The Bertz CT molecular complexity index is 1260. The lowest BCUT2D eigenvalue weighted by Crippen LogP contribution is -2.29. The molecule has 0 aliphatic carbocycles. The minimum atomic E-state index is -0.524. The van der Waals surface area contributed by atoms with E-state index in [1.54, 1.807) is 0 Å². The molecule has 4 heterocycles. The molecule has 4 atom stereocenters.